The molecule has 1 amide bonds. The van der Waals surface area contributed by atoms with Gasteiger partial charge in [-0.2, -0.15) is 0 Å². The van der Waals surface area contributed by atoms with Crippen molar-refractivity contribution in [3.05, 3.63) is 88.5 Å². The van der Waals surface area contributed by atoms with E-state index in [0.717, 1.165) is 5.56 Å². The average molecular weight is 323 g/mol. The van der Waals surface area contributed by atoms with E-state index in [-0.39, 0.29) is 17.2 Å². The summed E-state index contributed by atoms with van der Waals surface area (Å²) in [6.07, 6.45) is 5.09. The molecule has 0 spiro atoms. The molecule has 0 aromatic carbocycles. The first-order chi connectivity index (χ1) is 11.6. The summed E-state index contributed by atoms with van der Waals surface area (Å²) in [4.78, 5) is 29.7. The Hall–Kier alpha value is -3.15. The van der Waals surface area contributed by atoms with E-state index in [1.165, 1.54) is 10.6 Å². The summed E-state index contributed by atoms with van der Waals surface area (Å²) in [5.74, 6) is 0.590. The minimum atomic E-state index is -0.217. The molecule has 3 heterocycles. The van der Waals surface area contributed by atoms with Crippen LogP contribution >= 0.6 is 0 Å². The maximum atomic E-state index is 12.4. The third-order valence-corrected chi connectivity index (χ3v) is 3.59. The van der Waals surface area contributed by atoms with Crippen molar-refractivity contribution >= 4 is 5.91 Å². The van der Waals surface area contributed by atoms with E-state index in [4.69, 9.17) is 4.42 Å². The average Bonchev–Trinajstić information content (AvgIpc) is 3.05. The molecule has 0 aliphatic heterocycles. The lowest BCUT2D eigenvalue weighted by Gasteiger charge is -2.15. The molecule has 0 atom stereocenters. The van der Waals surface area contributed by atoms with Crippen LogP contribution in [0.2, 0.25) is 0 Å². The van der Waals surface area contributed by atoms with E-state index in [2.05, 4.69) is 4.98 Å². The smallest absolute Gasteiger partial charge is 0.289 e. The largest absolute Gasteiger partial charge is 0.454 e. The minimum absolute atomic E-state index is 0.115. The van der Waals surface area contributed by atoms with Gasteiger partial charge in [-0.05, 0) is 29.8 Å². The Kier molecular flexibility index (Phi) is 4.56. The van der Waals surface area contributed by atoms with Crippen molar-refractivity contribution in [3.63, 3.8) is 0 Å². The van der Waals surface area contributed by atoms with Crippen LogP contribution in [0.4, 0.5) is 0 Å². The van der Waals surface area contributed by atoms with E-state index in [9.17, 15) is 9.59 Å². The molecule has 0 saturated heterocycles. The zero-order valence-corrected chi connectivity index (χ0v) is 13.3. The quantitative estimate of drug-likeness (QED) is 0.721. The van der Waals surface area contributed by atoms with Crippen molar-refractivity contribution < 1.29 is 9.21 Å². The van der Waals surface area contributed by atoms with Gasteiger partial charge in [-0.25, -0.2) is 0 Å². The van der Waals surface area contributed by atoms with E-state index in [1.807, 2.05) is 12.1 Å². The van der Waals surface area contributed by atoms with Crippen molar-refractivity contribution in [1.29, 1.82) is 0 Å². The van der Waals surface area contributed by atoms with Crippen molar-refractivity contribution in [3.8, 4) is 0 Å². The van der Waals surface area contributed by atoms with Crippen LogP contribution in [0.1, 0.15) is 21.9 Å². The highest BCUT2D eigenvalue weighted by Gasteiger charge is 2.16. The predicted molar refractivity (Wildman–Crippen MR) is 88.5 cm³/mol. The predicted octanol–water partition coefficient (Wildman–Crippen LogP) is 2.16. The summed E-state index contributed by atoms with van der Waals surface area (Å²) in [5.41, 5.74) is 0.825. The molecule has 0 radical (unpaired) electrons. The molecule has 0 saturated carbocycles. The number of hydrogen-bond donors (Lipinski definition) is 0. The maximum Gasteiger partial charge on any atom is 0.289 e. The second kappa shape index (κ2) is 6.95. The molecule has 0 N–H and O–H groups in total. The van der Waals surface area contributed by atoms with Gasteiger partial charge in [-0.1, -0.05) is 12.1 Å². The van der Waals surface area contributed by atoms with Gasteiger partial charge in [0.05, 0.1) is 6.54 Å². The Morgan fingerprint density at radius 2 is 2.08 bits per heavy atom. The summed E-state index contributed by atoms with van der Waals surface area (Å²) in [6, 6.07) is 12.0. The van der Waals surface area contributed by atoms with E-state index >= 15 is 0 Å². The SMILES string of the molecule is CN(Cc1cccnc1)C(=O)c1ccc(Cn2ccccc2=O)o1. The first-order valence-corrected chi connectivity index (χ1v) is 7.52. The second-order valence-corrected chi connectivity index (χ2v) is 5.46. The van der Waals surface area contributed by atoms with Crippen LogP contribution in [0.3, 0.4) is 0 Å². The topological polar surface area (TPSA) is 68.3 Å². The normalized spacial score (nSPS) is 10.5. The monoisotopic (exact) mass is 323 g/mol. The number of rotatable bonds is 5. The van der Waals surface area contributed by atoms with Gasteiger partial charge >= 0.3 is 0 Å². The van der Waals surface area contributed by atoms with Crippen molar-refractivity contribution in [2.45, 2.75) is 13.1 Å². The summed E-state index contributed by atoms with van der Waals surface area (Å²) in [7, 11) is 1.71. The first-order valence-electron chi connectivity index (χ1n) is 7.52. The molecule has 6 heteroatoms. The fourth-order valence-electron chi connectivity index (χ4n) is 2.36. The van der Waals surface area contributed by atoms with Crippen molar-refractivity contribution in [2.24, 2.45) is 0 Å². The van der Waals surface area contributed by atoms with Crippen LogP contribution in [-0.4, -0.2) is 27.4 Å². The van der Waals surface area contributed by atoms with E-state index in [0.29, 0.717) is 18.8 Å². The number of furan rings is 1. The molecular weight excluding hydrogens is 306 g/mol. The Labute approximate surface area is 139 Å². The number of hydrogen-bond acceptors (Lipinski definition) is 4. The summed E-state index contributed by atoms with van der Waals surface area (Å²) in [6.45, 7) is 0.736. The van der Waals surface area contributed by atoms with E-state index < -0.39 is 0 Å². The molecule has 3 rings (SSSR count). The third-order valence-electron chi connectivity index (χ3n) is 3.59. The van der Waals surface area contributed by atoms with Crippen LogP contribution in [0.15, 0.2) is 70.3 Å². The molecule has 0 bridgehead atoms. The zero-order chi connectivity index (χ0) is 16.9. The molecule has 122 valence electrons. The first kappa shape index (κ1) is 15.7. The highest BCUT2D eigenvalue weighted by Crippen LogP contribution is 2.12. The van der Waals surface area contributed by atoms with Crippen LogP contribution < -0.4 is 5.56 Å². The standard InChI is InChI=1S/C18H17N3O3/c1-20(12-14-5-4-9-19-11-14)18(23)16-8-7-15(24-16)13-21-10-3-2-6-17(21)22/h2-11H,12-13H2,1H3. The highest BCUT2D eigenvalue weighted by atomic mass is 16.4. The fraction of sp³-hybridized carbons (Fsp3) is 0.167. The van der Waals surface area contributed by atoms with Crippen molar-refractivity contribution in [1.82, 2.24) is 14.5 Å². The van der Waals surface area contributed by atoms with Gasteiger partial charge in [0.1, 0.15) is 5.76 Å². The molecule has 3 aromatic heterocycles. The van der Waals surface area contributed by atoms with Crippen LogP contribution in [-0.2, 0) is 13.1 Å². The van der Waals surface area contributed by atoms with Crippen molar-refractivity contribution in [2.75, 3.05) is 7.05 Å². The Morgan fingerprint density at radius 1 is 1.21 bits per heavy atom. The lowest BCUT2D eigenvalue weighted by molar-refractivity contribution is 0.0751. The lowest BCUT2D eigenvalue weighted by atomic mass is 10.2. The molecular formula is C18H17N3O3. The van der Waals surface area contributed by atoms with Gasteiger partial charge in [-0.15, -0.1) is 0 Å². The molecule has 0 aliphatic rings. The second-order valence-electron chi connectivity index (χ2n) is 5.46. The number of aromatic nitrogens is 2. The Bertz CT molecular complexity index is 884. The molecule has 0 aliphatic carbocycles. The van der Waals surface area contributed by atoms with Gasteiger partial charge in [0, 0.05) is 38.2 Å². The van der Waals surface area contributed by atoms with Gasteiger partial charge < -0.3 is 13.9 Å². The molecule has 3 aromatic rings. The third kappa shape index (κ3) is 3.60. The number of nitrogens with zero attached hydrogens (tertiary/aromatic N) is 3. The summed E-state index contributed by atoms with van der Waals surface area (Å²) < 4.78 is 7.12. The zero-order valence-electron chi connectivity index (χ0n) is 13.3. The maximum absolute atomic E-state index is 12.4. The Morgan fingerprint density at radius 3 is 2.83 bits per heavy atom. The van der Waals surface area contributed by atoms with Gasteiger partial charge in [-0.3, -0.25) is 14.6 Å². The summed E-state index contributed by atoms with van der Waals surface area (Å²) in [5, 5.41) is 0. The van der Waals surface area contributed by atoms with Gasteiger partial charge in [0.25, 0.3) is 11.5 Å². The molecule has 0 fully saturated rings. The van der Waals surface area contributed by atoms with Crippen LogP contribution in [0, 0.1) is 0 Å². The lowest BCUT2D eigenvalue weighted by Crippen LogP contribution is -2.25. The van der Waals surface area contributed by atoms with Gasteiger partial charge in [0.15, 0.2) is 5.76 Å². The number of carbonyl (C=O) groups is 1. The minimum Gasteiger partial charge on any atom is -0.454 e. The fourth-order valence-corrected chi connectivity index (χ4v) is 2.36. The van der Waals surface area contributed by atoms with Crippen LogP contribution in [0.25, 0.3) is 0 Å². The number of carbonyl (C=O) groups excluding carboxylic acids is 1. The molecule has 6 nitrogen and oxygen atoms in total. The molecule has 0 unspecified atom stereocenters. The summed E-state index contributed by atoms with van der Waals surface area (Å²) >= 11 is 0. The Balaban J connectivity index is 1.69. The number of amides is 1. The molecule has 24 heavy (non-hydrogen) atoms. The van der Waals surface area contributed by atoms with E-state index in [1.54, 1.807) is 54.8 Å². The highest BCUT2D eigenvalue weighted by molar-refractivity contribution is 5.91. The number of pyridine rings is 2. The van der Waals surface area contributed by atoms with Gasteiger partial charge in [0.2, 0.25) is 0 Å². The van der Waals surface area contributed by atoms with Crippen LogP contribution in [0.5, 0.6) is 0 Å².